The Kier molecular flexibility index (Phi) is 4.49. The maximum atomic E-state index is 12.5. The van der Waals surface area contributed by atoms with Gasteiger partial charge >= 0.3 is 0 Å². The standard InChI is InChI=1S/C20H25N5O/c1-13(2)10-24-20(26)14-4-3-9-25(12-14)17-6-8-21-16-11-23-19-15(18(16)17)5-7-22-19/h5-8,11,13-14H,3-4,9-10,12H2,1-2H3,(H,22,23)(H,24,26). The van der Waals surface area contributed by atoms with Gasteiger partial charge < -0.3 is 15.2 Å². The molecule has 3 aromatic heterocycles. The number of piperidine rings is 1. The van der Waals surface area contributed by atoms with E-state index in [9.17, 15) is 4.79 Å². The minimum Gasteiger partial charge on any atom is -0.370 e. The highest BCUT2D eigenvalue weighted by atomic mass is 16.1. The molecule has 1 atom stereocenters. The molecule has 1 amide bonds. The molecule has 4 heterocycles. The van der Waals surface area contributed by atoms with E-state index in [0.717, 1.165) is 60.1 Å². The van der Waals surface area contributed by atoms with Crippen molar-refractivity contribution in [2.75, 3.05) is 24.5 Å². The second kappa shape index (κ2) is 6.94. The summed E-state index contributed by atoms with van der Waals surface area (Å²) >= 11 is 0. The number of nitrogens with one attached hydrogen (secondary N) is 2. The van der Waals surface area contributed by atoms with Crippen molar-refractivity contribution < 1.29 is 4.79 Å². The van der Waals surface area contributed by atoms with Crippen LogP contribution in [0.15, 0.2) is 30.7 Å². The van der Waals surface area contributed by atoms with Crippen molar-refractivity contribution in [2.45, 2.75) is 26.7 Å². The zero-order valence-electron chi connectivity index (χ0n) is 15.3. The number of hydrogen-bond donors (Lipinski definition) is 2. The Balaban J connectivity index is 1.65. The number of rotatable bonds is 4. The van der Waals surface area contributed by atoms with Crippen LogP contribution in [-0.4, -0.2) is 40.5 Å². The highest BCUT2D eigenvalue weighted by Gasteiger charge is 2.27. The summed E-state index contributed by atoms with van der Waals surface area (Å²) in [5.74, 6) is 0.682. The molecule has 0 aromatic carbocycles. The third kappa shape index (κ3) is 3.11. The highest BCUT2D eigenvalue weighted by Crippen LogP contribution is 2.33. The lowest BCUT2D eigenvalue weighted by Gasteiger charge is -2.34. The number of aromatic nitrogens is 3. The molecule has 1 aliphatic rings. The fraction of sp³-hybridized carbons (Fsp3) is 0.450. The average molecular weight is 351 g/mol. The summed E-state index contributed by atoms with van der Waals surface area (Å²) in [6.45, 7) is 6.68. The topological polar surface area (TPSA) is 73.9 Å². The first-order valence-corrected chi connectivity index (χ1v) is 9.37. The third-order valence-corrected chi connectivity index (χ3v) is 5.09. The predicted molar refractivity (Wildman–Crippen MR) is 104 cm³/mol. The quantitative estimate of drug-likeness (QED) is 0.757. The van der Waals surface area contributed by atoms with Crippen molar-refractivity contribution in [3.8, 4) is 0 Å². The Labute approximate surface area is 153 Å². The zero-order valence-corrected chi connectivity index (χ0v) is 15.3. The van der Waals surface area contributed by atoms with Gasteiger partial charge in [0.2, 0.25) is 5.91 Å². The number of hydrogen-bond acceptors (Lipinski definition) is 4. The molecule has 1 fully saturated rings. The van der Waals surface area contributed by atoms with Gasteiger partial charge in [0.15, 0.2) is 0 Å². The van der Waals surface area contributed by atoms with E-state index in [1.54, 1.807) is 0 Å². The van der Waals surface area contributed by atoms with Crippen LogP contribution in [0.25, 0.3) is 21.9 Å². The number of anilines is 1. The molecule has 0 aliphatic carbocycles. The van der Waals surface area contributed by atoms with Crippen LogP contribution in [-0.2, 0) is 4.79 Å². The zero-order chi connectivity index (χ0) is 18.1. The summed E-state index contributed by atoms with van der Waals surface area (Å²) in [5.41, 5.74) is 2.90. The first-order valence-electron chi connectivity index (χ1n) is 9.37. The van der Waals surface area contributed by atoms with Crippen molar-refractivity contribution in [3.05, 3.63) is 30.7 Å². The Bertz CT molecular complexity index is 932. The lowest BCUT2D eigenvalue weighted by Crippen LogP contribution is -2.44. The number of fused-ring (bicyclic) bond motifs is 3. The van der Waals surface area contributed by atoms with Gasteiger partial charge in [-0.1, -0.05) is 13.8 Å². The van der Waals surface area contributed by atoms with Gasteiger partial charge in [-0.05, 0) is 30.9 Å². The molecule has 2 N–H and O–H groups in total. The second-order valence-electron chi connectivity index (χ2n) is 7.51. The van der Waals surface area contributed by atoms with E-state index in [-0.39, 0.29) is 11.8 Å². The maximum absolute atomic E-state index is 12.5. The van der Waals surface area contributed by atoms with E-state index in [1.165, 1.54) is 0 Å². The summed E-state index contributed by atoms with van der Waals surface area (Å²) in [5, 5.41) is 5.29. The molecule has 4 rings (SSSR count). The van der Waals surface area contributed by atoms with Crippen molar-refractivity contribution in [1.29, 1.82) is 0 Å². The van der Waals surface area contributed by atoms with E-state index in [2.05, 4.69) is 45.1 Å². The Hall–Kier alpha value is -2.63. The average Bonchev–Trinajstić information content (AvgIpc) is 3.14. The summed E-state index contributed by atoms with van der Waals surface area (Å²) in [6.07, 6.45) is 7.52. The van der Waals surface area contributed by atoms with Crippen LogP contribution in [0.4, 0.5) is 5.69 Å². The van der Waals surface area contributed by atoms with Gasteiger partial charge in [0.25, 0.3) is 0 Å². The van der Waals surface area contributed by atoms with Crippen molar-refractivity contribution in [3.63, 3.8) is 0 Å². The van der Waals surface area contributed by atoms with Gasteiger partial charge in [0.05, 0.1) is 17.6 Å². The smallest absolute Gasteiger partial charge is 0.224 e. The third-order valence-electron chi connectivity index (χ3n) is 5.09. The van der Waals surface area contributed by atoms with Gasteiger partial charge in [-0.25, -0.2) is 4.98 Å². The SMILES string of the molecule is CC(C)CNC(=O)C1CCCN(c2ccnc3cnc4[nH]ccc4c23)C1. The fourth-order valence-electron chi connectivity index (χ4n) is 3.76. The molecule has 0 radical (unpaired) electrons. The monoisotopic (exact) mass is 351 g/mol. The molecule has 1 unspecified atom stereocenters. The Morgan fingerprint density at radius 3 is 3.12 bits per heavy atom. The van der Waals surface area contributed by atoms with Crippen LogP contribution in [0.3, 0.4) is 0 Å². The molecule has 0 saturated carbocycles. The van der Waals surface area contributed by atoms with Crippen LogP contribution in [0.2, 0.25) is 0 Å². The highest BCUT2D eigenvalue weighted by molar-refractivity contribution is 6.10. The first-order chi connectivity index (χ1) is 12.6. The minimum absolute atomic E-state index is 0.0364. The molecular formula is C20H25N5O. The number of pyridine rings is 2. The van der Waals surface area contributed by atoms with Gasteiger partial charge in [-0.2, -0.15) is 0 Å². The summed E-state index contributed by atoms with van der Waals surface area (Å²) in [7, 11) is 0. The van der Waals surface area contributed by atoms with Gasteiger partial charge in [-0.15, -0.1) is 0 Å². The molecule has 26 heavy (non-hydrogen) atoms. The molecule has 3 aromatic rings. The van der Waals surface area contributed by atoms with E-state index in [4.69, 9.17) is 0 Å². The van der Waals surface area contributed by atoms with Crippen molar-refractivity contribution in [2.24, 2.45) is 11.8 Å². The molecule has 1 aliphatic heterocycles. The lowest BCUT2D eigenvalue weighted by molar-refractivity contribution is -0.125. The molecule has 1 saturated heterocycles. The number of H-pyrrole nitrogens is 1. The lowest BCUT2D eigenvalue weighted by atomic mass is 9.96. The van der Waals surface area contributed by atoms with Crippen LogP contribution in [0.1, 0.15) is 26.7 Å². The van der Waals surface area contributed by atoms with E-state index in [1.807, 2.05) is 24.7 Å². The molecule has 0 spiro atoms. The van der Waals surface area contributed by atoms with E-state index < -0.39 is 0 Å². The number of carbonyl (C=O) groups is 1. The van der Waals surface area contributed by atoms with Crippen LogP contribution in [0.5, 0.6) is 0 Å². The summed E-state index contributed by atoms with van der Waals surface area (Å²) < 4.78 is 0. The normalized spacial score (nSPS) is 18.0. The summed E-state index contributed by atoms with van der Waals surface area (Å²) in [6, 6.07) is 4.11. The predicted octanol–water partition coefficient (Wildman–Crippen LogP) is 3.10. The number of amides is 1. The number of carbonyl (C=O) groups excluding carboxylic acids is 1. The summed E-state index contributed by atoms with van der Waals surface area (Å²) in [4.78, 5) is 27.0. The van der Waals surface area contributed by atoms with Crippen molar-refractivity contribution in [1.82, 2.24) is 20.3 Å². The fourth-order valence-corrected chi connectivity index (χ4v) is 3.76. The van der Waals surface area contributed by atoms with E-state index >= 15 is 0 Å². The maximum Gasteiger partial charge on any atom is 0.224 e. The number of nitrogens with zero attached hydrogens (tertiary/aromatic N) is 3. The van der Waals surface area contributed by atoms with E-state index in [0.29, 0.717) is 5.92 Å². The number of aromatic amines is 1. The molecule has 136 valence electrons. The van der Waals surface area contributed by atoms with Gasteiger partial charge in [-0.3, -0.25) is 9.78 Å². The minimum atomic E-state index is 0.0364. The molecule has 0 bridgehead atoms. The van der Waals surface area contributed by atoms with Gasteiger partial charge in [0.1, 0.15) is 5.65 Å². The molecule has 6 heteroatoms. The van der Waals surface area contributed by atoms with Gasteiger partial charge in [0, 0.05) is 48.5 Å². The largest absolute Gasteiger partial charge is 0.370 e. The Morgan fingerprint density at radius 1 is 1.38 bits per heavy atom. The van der Waals surface area contributed by atoms with Crippen LogP contribution >= 0.6 is 0 Å². The van der Waals surface area contributed by atoms with Crippen LogP contribution < -0.4 is 10.2 Å². The Morgan fingerprint density at radius 2 is 2.27 bits per heavy atom. The van der Waals surface area contributed by atoms with Crippen molar-refractivity contribution >= 4 is 33.5 Å². The van der Waals surface area contributed by atoms with Crippen LogP contribution in [0, 0.1) is 11.8 Å². The molecule has 6 nitrogen and oxygen atoms in total. The molecular weight excluding hydrogens is 326 g/mol. The first kappa shape index (κ1) is 16.8. The second-order valence-corrected chi connectivity index (χ2v) is 7.51.